The van der Waals surface area contributed by atoms with Crippen LogP contribution in [0.3, 0.4) is 0 Å². The summed E-state index contributed by atoms with van der Waals surface area (Å²) in [6.45, 7) is 1.79. The van der Waals surface area contributed by atoms with Crippen LogP contribution >= 0.6 is 0 Å². The molecule has 162 valence electrons. The maximum Gasteiger partial charge on any atom is 0.254 e. The van der Waals surface area contributed by atoms with Crippen LogP contribution in [0.5, 0.6) is 5.75 Å². The van der Waals surface area contributed by atoms with Crippen molar-refractivity contribution in [2.45, 2.75) is 0 Å². The molecule has 0 unspecified atom stereocenters. The summed E-state index contributed by atoms with van der Waals surface area (Å²) in [6, 6.07) is 15.3. The Hall–Kier alpha value is -4.12. The van der Waals surface area contributed by atoms with E-state index in [0.29, 0.717) is 43.5 Å². The van der Waals surface area contributed by atoms with Gasteiger partial charge in [0.1, 0.15) is 17.6 Å². The summed E-state index contributed by atoms with van der Waals surface area (Å²) in [4.78, 5) is 20.4. The number of hydrogen-bond acceptors (Lipinski definition) is 6. The first-order chi connectivity index (χ1) is 15.6. The molecule has 0 N–H and O–H groups in total. The largest absolute Gasteiger partial charge is 0.496 e. The number of anilines is 1. The molecule has 1 aromatic heterocycles. The van der Waals surface area contributed by atoms with Crippen LogP contribution in [0.25, 0.3) is 12.2 Å². The molecule has 2 aromatic carbocycles. The van der Waals surface area contributed by atoms with Crippen LogP contribution in [0.1, 0.15) is 27.5 Å². The first-order valence-corrected chi connectivity index (χ1v) is 10.1. The van der Waals surface area contributed by atoms with Gasteiger partial charge >= 0.3 is 0 Å². The number of halogens is 1. The normalized spacial score (nSPS) is 13.9. The number of oxazole rings is 1. The molecule has 0 spiro atoms. The van der Waals surface area contributed by atoms with Gasteiger partial charge in [0.15, 0.2) is 0 Å². The summed E-state index contributed by atoms with van der Waals surface area (Å²) >= 11 is 0. The van der Waals surface area contributed by atoms with Gasteiger partial charge in [-0.2, -0.15) is 10.2 Å². The second kappa shape index (κ2) is 9.35. The van der Waals surface area contributed by atoms with E-state index in [4.69, 9.17) is 9.15 Å². The van der Waals surface area contributed by atoms with Crippen LogP contribution < -0.4 is 9.64 Å². The molecular weight excluding hydrogens is 411 g/mol. The number of benzene rings is 2. The third-order valence-corrected chi connectivity index (χ3v) is 5.20. The molecule has 0 atom stereocenters. The van der Waals surface area contributed by atoms with Crippen molar-refractivity contribution in [1.29, 1.82) is 5.26 Å². The minimum atomic E-state index is -0.441. The first kappa shape index (κ1) is 21.1. The highest BCUT2D eigenvalue weighted by Gasteiger charge is 2.26. The molecule has 0 aliphatic carbocycles. The number of carbonyl (C=O) groups is 1. The number of carbonyl (C=O) groups excluding carboxylic acids is 1. The van der Waals surface area contributed by atoms with Gasteiger partial charge in [0.05, 0.1) is 7.11 Å². The van der Waals surface area contributed by atoms with Crippen LogP contribution in [-0.2, 0) is 0 Å². The smallest absolute Gasteiger partial charge is 0.254 e. The highest BCUT2D eigenvalue weighted by molar-refractivity contribution is 5.94. The lowest BCUT2D eigenvalue weighted by Crippen LogP contribution is -2.48. The van der Waals surface area contributed by atoms with Crippen molar-refractivity contribution in [1.82, 2.24) is 9.88 Å². The van der Waals surface area contributed by atoms with E-state index in [0.717, 1.165) is 11.3 Å². The highest BCUT2D eigenvalue weighted by atomic mass is 19.1. The van der Waals surface area contributed by atoms with Crippen molar-refractivity contribution in [3.8, 4) is 11.8 Å². The number of hydrogen-bond donors (Lipinski definition) is 0. The second-order valence-corrected chi connectivity index (χ2v) is 7.18. The zero-order valence-electron chi connectivity index (χ0n) is 17.5. The van der Waals surface area contributed by atoms with Crippen LogP contribution in [0.4, 0.5) is 10.3 Å². The third-order valence-electron chi connectivity index (χ3n) is 5.20. The fourth-order valence-electron chi connectivity index (χ4n) is 3.57. The molecule has 4 rings (SSSR count). The SMILES string of the molecule is COc1ccccc1C=Cc1nc(C#N)c(N2CCN(C(=O)c3cccc(F)c3)CC2)o1. The molecule has 32 heavy (non-hydrogen) atoms. The molecule has 2 heterocycles. The Labute approximate surface area is 185 Å². The van der Waals surface area contributed by atoms with Gasteiger partial charge in [-0.3, -0.25) is 4.79 Å². The number of rotatable bonds is 5. The zero-order chi connectivity index (χ0) is 22.5. The lowest BCUT2D eigenvalue weighted by Gasteiger charge is -2.34. The van der Waals surface area contributed by atoms with E-state index in [9.17, 15) is 14.4 Å². The standard InChI is InChI=1S/C24H21FN4O3/c1-31-21-8-3-2-5-17(21)9-10-22-27-20(16-26)24(32-22)29-13-11-28(12-14-29)23(30)18-6-4-7-19(25)15-18/h2-10,15H,11-14H2,1H3. The third kappa shape index (κ3) is 4.47. The van der Waals surface area contributed by atoms with E-state index in [1.165, 1.54) is 18.2 Å². The quantitative estimate of drug-likeness (QED) is 0.610. The monoisotopic (exact) mass is 432 g/mol. The van der Waals surface area contributed by atoms with E-state index in [-0.39, 0.29) is 11.6 Å². The number of nitriles is 1. The fourth-order valence-corrected chi connectivity index (χ4v) is 3.57. The molecule has 1 fully saturated rings. The summed E-state index contributed by atoms with van der Waals surface area (Å²) in [6.07, 6.45) is 3.50. The maximum atomic E-state index is 13.4. The van der Waals surface area contributed by atoms with E-state index in [1.54, 1.807) is 24.2 Å². The molecule has 0 saturated carbocycles. The molecule has 1 aliphatic heterocycles. The predicted molar refractivity (Wildman–Crippen MR) is 118 cm³/mol. The Morgan fingerprint density at radius 1 is 1.16 bits per heavy atom. The minimum Gasteiger partial charge on any atom is -0.496 e. The summed E-state index contributed by atoms with van der Waals surface area (Å²) in [5.41, 5.74) is 1.37. The first-order valence-electron chi connectivity index (χ1n) is 10.1. The van der Waals surface area contributed by atoms with Crippen molar-refractivity contribution < 1.29 is 18.3 Å². The summed E-state index contributed by atoms with van der Waals surface area (Å²) in [5, 5.41) is 9.50. The molecule has 0 radical (unpaired) electrons. The molecule has 1 saturated heterocycles. The Kier molecular flexibility index (Phi) is 6.17. The van der Waals surface area contributed by atoms with Gasteiger partial charge in [-0.15, -0.1) is 0 Å². The average molecular weight is 432 g/mol. The molecule has 8 heteroatoms. The topological polar surface area (TPSA) is 82.6 Å². The van der Waals surface area contributed by atoms with Crippen molar-refractivity contribution in [3.05, 3.63) is 77.1 Å². The molecule has 0 bridgehead atoms. The van der Waals surface area contributed by atoms with E-state index >= 15 is 0 Å². The van der Waals surface area contributed by atoms with Crippen molar-refractivity contribution >= 4 is 23.9 Å². The number of aromatic nitrogens is 1. The van der Waals surface area contributed by atoms with Gasteiger partial charge in [-0.1, -0.05) is 24.3 Å². The molecule has 1 aliphatic rings. The number of ether oxygens (including phenoxy) is 1. The van der Waals surface area contributed by atoms with Crippen LogP contribution in [0.15, 0.2) is 52.9 Å². The van der Waals surface area contributed by atoms with Crippen molar-refractivity contribution in [3.63, 3.8) is 0 Å². The maximum absolute atomic E-state index is 13.4. The Bertz CT molecular complexity index is 1190. The van der Waals surface area contributed by atoms with Gasteiger partial charge in [0, 0.05) is 43.4 Å². The number of nitrogens with zero attached hydrogens (tertiary/aromatic N) is 4. The summed E-state index contributed by atoms with van der Waals surface area (Å²) < 4.78 is 24.6. The lowest BCUT2D eigenvalue weighted by molar-refractivity contribution is 0.0745. The number of para-hydroxylation sites is 1. The van der Waals surface area contributed by atoms with E-state index < -0.39 is 5.82 Å². The van der Waals surface area contributed by atoms with Crippen molar-refractivity contribution in [2.75, 3.05) is 38.2 Å². The molecule has 7 nitrogen and oxygen atoms in total. The number of methoxy groups -OCH3 is 1. The van der Waals surface area contributed by atoms with Crippen LogP contribution in [-0.4, -0.2) is 49.1 Å². The van der Waals surface area contributed by atoms with Crippen molar-refractivity contribution in [2.24, 2.45) is 0 Å². The highest BCUT2D eigenvalue weighted by Crippen LogP contribution is 2.26. The predicted octanol–water partition coefficient (Wildman–Crippen LogP) is 3.83. The number of piperazine rings is 1. The molecule has 1 amide bonds. The minimum absolute atomic E-state index is 0.189. The Morgan fingerprint density at radius 2 is 1.94 bits per heavy atom. The molecule has 3 aromatic rings. The zero-order valence-corrected chi connectivity index (χ0v) is 17.5. The van der Waals surface area contributed by atoms with Crippen LogP contribution in [0.2, 0.25) is 0 Å². The van der Waals surface area contributed by atoms with Gasteiger partial charge in [0.25, 0.3) is 5.91 Å². The van der Waals surface area contributed by atoms with Gasteiger partial charge in [-0.05, 0) is 30.3 Å². The van der Waals surface area contributed by atoms with Gasteiger partial charge in [-0.25, -0.2) is 4.39 Å². The molecular formula is C24H21FN4O3. The summed E-state index contributed by atoms with van der Waals surface area (Å²) in [7, 11) is 1.60. The Morgan fingerprint density at radius 3 is 2.66 bits per heavy atom. The number of amides is 1. The van der Waals surface area contributed by atoms with Crippen LogP contribution in [0, 0.1) is 17.1 Å². The van der Waals surface area contributed by atoms with Gasteiger partial charge in [0.2, 0.25) is 17.5 Å². The van der Waals surface area contributed by atoms with Gasteiger partial charge < -0.3 is 19.0 Å². The van der Waals surface area contributed by atoms with E-state index in [2.05, 4.69) is 11.1 Å². The van der Waals surface area contributed by atoms with E-state index in [1.807, 2.05) is 35.2 Å². The second-order valence-electron chi connectivity index (χ2n) is 7.18. The summed E-state index contributed by atoms with van der Waals surface area (Å²) in [5.74, 6) is 0.743. The fraction of sp³-hybridized carbons (Fsp3) is 0.208. The lowest BCUT2D eigenvalue weighted by atomic mass is 10.1. The average Bonchev–Trinajstić information content (AvgIpc) is 3.26. The Balaban J connectivity index is 1.46.